The fourth-order valence-corrected chi connectivity index (χ4v) is 2.64. The second kappa shape index (κ2) is 6.35. The molecule has 17 heavy (non-hydrogen) atoms. The third-order valence-corrected chi connectivity index (χ3v) is 3.66. The Labute approximate surface area is 116 Å². The van der Waals surface area contributed by atoms with E-state index in [9.17, 15) is 4.79 Å². The quantitative estimate of drug-likeness (QED) is 0.825. The summed E-state index contributed by atoms with van der Waals surface area (Å²) in [7, 11) is 0. The Hall–Kier alpha value is -0.620. The van der Waals surface area contributed by atoms with Crippen LogP contribution in [0.5, 0.6) is 0 Å². The number of hydrogen-bond donors (Lipinski definition) is 2. The average Bonchev–Trinajstić information content (AvgIpc) is 2.79. The van der Waals surface area contributed by atoms with Gasteiger partial charge in [0.05, 0.1) is 0 Å². The highest BCUT2D eigenvalue weighted by atomic mass is 127. The number of benzene rings is 1. The molecule has 2 N–H and O–H groups in total. The molecule has 0 spiro atoms. The van der Waals surface area contributed by atoms with E-state index in [0.717, 1.165) is 22.2 Å². The summed E-state index contributed by atoms with van der Waals surface area (Å²) in [4.78, 5) is 11.7. The molecule has 0 aliphatic carbocycles. The summed E-state index contributed by atoms with van der Waals surface area (Å²) in [5.74, 6) is 0.112. The summed E-state index contributed by atoms with van der Waals surface area (Å²) >= 11 is 2.24. The number of carbonyl (C=O) groups is 1. The maximum Gasteiger partial charge on any atom is 0.224 e. The average molecular weight is 344 g/mol. The Balaban J connectivity index is 1.76. The van der Waals surface area contributed by atoms with E-state index in [1.807, 2.05) is 24.3 Å². The highest BCUT2D eigenvalue weighted by Gasteiger charge is 2.15. The van der Waals surface area contributed by atoms with Crippen molar-refractivity contribution in [2.24, 2.45) is 0 Å². The first-order valence-electron chi connectivity index (χ1n) is 6.03. The van der Waals surface area contributed by atoms with Crippen molar-refractivity contribution in [3.8, 4) is 0 Å². The molecule has 1 aliphatic rings. The van der Waals surface area contributed by atoms with Crippen molar-refractivity contribution in [1.29, 1.82) is 0 Å². The van der Waals surface area contributed by atoms with Crippen LogP contribution in [0.2, 0.25) is 0 Å². The highest BCUT2D eigenvalue weighted by molar-refractivity contribution is 14.1. The second-order valence-corrected chi connectivity index (χ2v) is 5.64. The third-order valence-electron chi connectivity index (χ3n) is 2.99. The van der Waals surface area contributed by atoms with Crippen LogP contribution in [0, 0.1) is 3.57 Å². The largest absolute Gasteiger partial charge is 0.326 e. The van der Waals surface area contributed by atoms with Gasteiger partial charge in [0.25, 0.3) is 0 Å². The number of nitrogens with one attached hydrogen (secondary N) is 2. The molecule has 1 aliphatic heterocycles. The summed E-state index contributed by atoms with van der Waals surface area (Å²) in [5, 5.41) is 6.34. The number of amides is 1. The lowest BCUT2D eigenvalue weighted by Crippen LogP contribution is -2.23. The smallest absolute Gasteiger partial charge is 0.224 e. The van der Waals surface area contributed by atoms with E-state index in [2.05, 4.69) is 33.2 Å². The van der Waals surface area contributed by atoms with Crippen molar-refractivity contribution in [2.75, 3.05) is 11.9 Å². The molecule has 0 aromatic heterocycles. The minimum atomic E-state index is 0.112. The first-order chi connectivity index (χ1) is 8.24. The van der Waals surface area contributed by atoms with Crippen LogP contribution in [0.15, 0.2) is 24.3 Å². The predicted octanol–water partition coefficient (Wildman–Crippen LogP) is 2.76. The molecular weight excluding hydrogens is 327 g/mol. The molecule has 92 valence electrons. The minimum absolute atomic E-state index is 0.112. The van der Waals surface area contributed by atoms with Crippen LogP contribution in [-0.4, -0.2) is 18.5 Å². The zero-order valence-corrected chi connectivity index (χ0v) is 11.9. The zero-order valence-electron chi connectivity index (χ0n) is 9.71. The van der Waals surface area contributed by atoms with E-state index < -0.39 is 0 Å². The van der Waals surface area contributed by atoms with E-state index in [0.29, 0.717) is 12.5 Å². The van der Waals surface area contributed by atoms with Gasteiger partial charge in [-0.05, 0) is 66.6 Å². The van der Waals surface area contributed by atoms with Crippen LogP contribution in [0.4, 0.5) is 5.69 Å². The van der Waals surface area contributed by atoms with Crippen LogP contribution in [0.3, 0.4) is 0 Å². The fraction of sp³-hybridized carbons (Fsp3) is 0.462. The van der Waals surface area contributed by atoms with Crippen LogP contribution >= 0.6 is 22.6 Å². The molecule has 1 aromatic carbocycles. The molecule has 0 saturated carbocycles. The van der Waals surface area contributed by atoms with E-state index in [1.54, 1.807) is 0 Å². The summed E-state index contributed by atoms with van der Waals surface area (Å²) in [6, 6.07) is 8.41. The van der Waals surface area contributed by atoms with Gasteiger partial charge in [0.1, 0.15) is 0 Å². The van der Waals surface area contributed by atoms with E-state index in [1.165, 1.54) is 12.8 Å². The molecule has 1 aromatic rings. The zero-order chi connectivity index (χ0) is 12.1. The van der Waals surface area contributed by atoms with E-state index in [-0.39, 0.29) is 5.91 Å². The second-order valence-electron chi connectivity index (χ2n) is 4.39. The Morgan fingerprint density at radius 2 is 2.41 bits per heavy atom. The van der Waals surface area contributed by atoms with Gasteiger partial charge in [-0.3, -0.25) is 4.79 Å². The van der Waals surface area contributed by atoms with Crippen LogP contribution in [-0.2, 0) is 4.79 Å². The monoisotopic (exact) mass is 344 g/mol. The van der Waals surface area contributed by atoms with Crippen LogP contribution < -0.4 is 10.6 Å². The normalized spacial score (nSPS) is 19.2. The molecule has 0 radical (unpaired) electrons. The van der Waals surface area contributed by atoms with Gasteiger partial charge in [0.15, 0.2) is 0 Å². The third kappa shape index (κ3) is 4.27. The first-order valence-corrected chi connectivity index (χ1v) is 7.11. The topological polar surface area (TPSA) is 41.1 Å². The SMILES string of the molecule is O=C(CCC1CCCN1)Nc1cccc(I)c1. The number of carbonyl (C=O) groups excluding carboxylic acids is 1. The van der Waals surface area contributed by atoms with Crippen molar-refractivity contribution in [3.05, 3.63) is 27.8 Å². The van der Waals surface area contributed by atoms with E-state index >= 15 is 0 Å². The maximum atomic E-state index is 11.7. The van der Waals surface area contributed by atoms with Gasteiger partial charge in [-0.2, -0.15) is 0 Å². The lowest BCUT2D eigenvalue weighted by molar-refractivity contribution is -0.116. The van der Waals surface area contributed by atoms with Gasteiger partial charge >= 0.3 is 0 Å². The van der Waals surface area contributed by atoms with Crippen molar-refractivity contribution >= 4 is 34.2 Å². The number of rotatable bonds is 4. The summed E-state index contributed by atoms with van der Waals surface area (Å²) < 4.78 is 1.14. The van der Waals surface area contributed by atoms with Crippen molar-refractivity contribution in [2.45, 2.75) is 31.7 Å². The standard InChI is InChI=1S/C13H17IN2O/c14-10-3-1-4-12(9-10)16-13(17)7-6-11-5-2-8-15-11/h1,3-4,9,11,15H,2,5-8H2,(H,16,17). The molecule has 1 fully saturated rings. The van der Waals surface area contributed by atoms with Crippen LogP contribution in [0.25, 0.3) is 0 Å². The van der Waals surface area contributed by atoms with Crippen molar-refractivity contribution in [1.82, 2.24) is 5.32 Å². The number of anilines is 1. The molecular formula is C13H17IN2O. The lowest BCUT2D eigenvalue weighted by atomic mass is 10.1. The first kappa shape index (κ1) is 12.8. The fourth-order valence-electron chi connectivity index (χ4n) is 2.10. The van der Waals surface area contributed by atoms with Gasteiger partial charge in [0, 0.05) is 21.7 Å². The van der Waals surface area contributed by atoms with Crippen LogP contribution in [0.1, 0.15) is 25.7 Å². The predicted molar refractivity (Wildman–Crippen MR) is 78.0 cm³/mol. The Kier molecular flexibility index (Phi) is 4.79. The Morgan fingerprint density at radius 1 is 1.53 bits per heavy atom. The van der Waals surface area contributed by atoms with E-state index in [4.69, 9.17) is 0 Å². The molecule has 1 unspecified atom stereocenters. The molecule has 2 rings (SSSR count). The molecule has 1 saturated heterocycles. The molecule has 1 heterocycles. The molecule has 4 heteroatoms. The molecule has 3 nitrogen and oxygen atoms in total. The van der Waals surface area contributed by atoms with Crippen molar-refractivity contribution in [3.63, 3.8) is 0 Å². The van der Waals surface area contributed by atoms with Gasteiger partial charge in [-0.25, -0.2) is 0 Å². The Bertz CT molecular complexity index is 389. The van der Waals surface area contributed by atoms with Gasteiger partial charge in [0.2, 0.25) is 5.91 Å². The minimum Gasteiger partial charge on any atom is -0.326 e. The summed E-state index contributed by atoms with van der Waals surface area (Å²) in [6.07, 6.45) is 3.98. The van der Waals surface area contributed by atoms with Crippen molar-refractivity contribution < 1.29 is 4.79 Å². The summed E-state index contributed by atoms with van der Waals surface area (Å²) in [5.41, 5.74) is 0.890. The highest BCUT2D eigenvalue weighted by Crippen LogP contribution is 2.14. The van der Waals surface area contributed by atoms with Gasteiger partial charge in [-0.15, -0.1) is 0 Å². The molecule has 1 atom stereocenters. The number of halogens is 1. The van der Waals surface area contributed by atoms with Gasteiger partial charge in [-0.1, -0.05) is 6.07 Å². The molecule has 0 bridgehead atoms. The number of hydrogen-bond acceptors (Lipinski definition) is 2. The maximum absolute atomic E-state index is 11.7. The lowest BCUT2D eigenvalue weighted by Gasteiger charge is -2.10. The molecule has 1 amide bonds. The van der Waals surface area contributed by atoms with Gasteiger partial charge < -0.3 is 10.6 Å². The summed E-state index contributed by atoms with van der Waals surface area (Å²) in [6.45, 7) is 1.10. The Morgan fingerprint density at radius 3 is 3.12 bits per heavy atom.